The summed E-state index contributed by atoms with van der Waals surface area (Å²) >= 11 is 2.19. The van der Waals surface area contributed by atoms with Gasteiger partial charge in [-0.25, -0.2) is 0 Å². The van der Waals surface area contributed by atoms with Crippen LogP contribution in [0.15, 0.2) is 45.7 Å². The van der Waals surface area contributed by atoms with Crippen LogP contribution in [-0.2, 0) is 11.2 Å². The van der Waals surface area contributed by atoms with Crippen molar-refractivity contribution in [2.45, 2.75) is 26.2 Å². The lowest BCUT2D eigenvalue weighted by Crippen LogP contribution is -2.26. The molecule has 116 valence electrons. The van der Waals surface area contributed by atoms with Crippen LogP contribution in [0.3, 0.4) is 0 Å². The first-order chi connectivity index (χ1) is 10.5. The van der Waals surface area contributed by atoms with E-state index in [0.717, 1.165) is 27.7 Å². The second-order valence-corrected chi connectivity index (χ2v) is 6.20. The Morgan fingerprint density at radius 1 is 1.32 bits per heavy atom. The molecule has 0 aromatic heterocycles. The smallest absolute Gasteiger partial charge is 0.269 e. The van der Waals surface area contributed by atoms with Gasteiger partial charge in [0.1, 0.15) is 0 Å². The maximum Gasteiger partial charge on any atom is 0.269 e. The Hall–Kier alpha value is -1.70. The predicted molar refractivity (Wildman–Crippen MR) is 93.6 cm³/mol. The van der Waals surface area contributed by atoms with E-state index in [0.29, 0.717) is 13.0 Å². The Morgan fingerprint density at radius 2 is 2.00 bits per heavy atom. The van der Waals surface area contributed by atoms with Gasteiger partial charge in [0.05, 0.1) is 10.6 Å². The summed E-state index contributed by atoms with van der Waals surface area (Å²) in [5.74, 6) is 0.00802. The van der Waals surface area contributed by atoms with Crippen LogP contribution in [0.1, 0.15) is 25.3 Å². The number of halogens is 1. The van der Waals surface area contributed by atoms with Crippen molar-refractivity contribution in [2.75, 3.05) is 6.54 Å². The molecule has 0 saturated carbocycles. The molecule has 0 unspecified atom stereocenters. The summed E-state index contributed by atoms with van der Waals surface area (Å²) in [5, 5.41) is 10.6. The monoisotopic (exact) mass is 412 g/mol. The third-order valence-corrected chi connectivity index (χ3v) is 4.31. The summed E-state index contributed by atoms with van der Waals surface area (Å²) in [4.78, 5) is 24.0. The number of benzene rings is 1. The quantitative estimate of drug-likeness (QED) is 0.404. The number of non-ortho nitro benzene ring substituents is 1. The molecule has 0 fully saturated rings. The van der Waals surface area contributed by atoms with Gasteiger partial charge in [0.2, 0.25) is 0 Å². The highest BCUT2D eigenvalue weighted by molar-refractivity contribution is 14.1. The minimum absolute atomic E-state index is 0.00802. The topological polar surface area (TPSA) is 63.5 Å². The Kier molecular flexibility index (Phi) is 5.70. The fraction of sp³-hybridized carbons (Fsp3) is 0.312. The first-order valence-electron chi connectivity index (χ1n) is 7.15. The van der Waals surface area contributed by atoms with Gasteiger partial charge in [-0.2, -0.15) is 0 Å². The number of amides is 1. The average molecular weight is 412 g/mol. The van der Waals surface area contributed by atoms with E-state index >= 15 is 0 Å². The normalized spacial score (nSPS) is 16.3. The van der Waals surface area contributed by atoms with Crippen molar-refractivity contribution in [2.24, 2.45) is 0 Å². The molecule has 0 aliphatic carbocycles. The van der Waals surface area contributed by atoms with Crippen molar-refractivity contribution in [3.05, 3.63) is 61.4 Å². The maximum absolute atomic E-state index is 12.0. The minimum Gasteiger partial charge on any atom is -0.308 e. The predicted octanol–water partition coefficient (Wildman–Crippen LogP) is 3.98. The molecule has 0 spiro atoms. The van der Waals surface area contributed by atoms with Crippen LogP contribution in [0.4, 0.5) is 5.69 Å². The number of hydrogen-bond donors (Lipinski definition) is 0. The molecule has 1 aromatic rings. The SMILES string of the molecule is CCC/C=C1\C(I)=CC(=O)N1CCc1ccc([N+](=O)[O-])cc1. The largest absolute Gasteiger partial charge is 0.308 e. The number of carbonyl (C=O) groups is 1. The lowest BCUT2D eigenvalue weighted by Gasteiger charge is -2.19. The second kappa shape index (κ2) is 7.53. The number of nitrogens with zero attached hydrogens (tertiary/aromatic N) is 2. The molecule has 0 saturated heterocycles. The van der Waals surface area contributed by atoms with E-state index in [1.165, 1.54) is 12.1 Å². The van der Waals surface area contributed by atoms with Gasteiger partial charge in [0.25, 0.3) is 11.6 Å². The van der Waals surface area contributed by atoms with Gasteiger partial charge < -0.3 is 4.90 Å². The van der Waals surface area contributed by atoms with Gasteiger partial charge in [-0.15, -0.1) is 0 Å². The van der Waals surface area contributed by atoms with Crippen LogP contribution in [0, 0.1) is 10.1 Å². The van der Waals surface area contributed by atoms with Crippen molar-refractivity contribution < 1.29 is 9.72 Å². The first kappa shape index (κ1) is 16.7. The van der Waals surface area contributed by atoms with Crippen molar-refractivity contribution in [1.29, 1.82) is 0 Å². The number of allylic oxidation sites excluding steroid dienone is 2. The van der Waals surface area contributed by atoms with E-state index < -0.39 is 4.92 Å². The van der Waals surface area contributed by atoms with Crippen molar-refractivity contribution in [3.8, 4) is 0 Å². The van der Waals surface area contributed by atoms with E-state index in [2.05, 4.69) is 35.6 Å². The van der Waals surface area contributed by atoms with Crippen LogP contribution in [0.25, 0.3) is 0 Å². The van der Waals surface area contributed by atoms with E-state index in [1.54, 1.807) is 23.1 Å². The number of carbonyl (C=O) groups excluding carboxylic acids is 1. The molecule has 5 nitrogen and oxygen atoms in total. The summed E-state index contributed by atoms with van der Waals surface area (Å²) < 4.78 is 0.972. The fourth-order valence-electron chi connectivity index (χ4n) is 2.25. The molecule has 1 heterocycles. The Bertz CT molecular complexity index is 635. The number of rotatable bonds is 6. The number of nitro benzene ring substituents is 1. The van der Waals surface area contributed by atoms with Crippen LogP contribution in [0.2, 0.25) is 0 Å². The lowest BCUT2D eigenvalue weighted by molar-refractivity contribution is -0.384. The van der Waals surface area contributed by atoms with Gasteiger partial charge in [-0.3, -0.25) is 14.9 Å². The Labute approximate surface area is 143 Å². The minimum atomic E-state index is -0.411. The van der Waals surface area contributed by atoms with Crippen LogP contribution in [-0.4, -0.2) is 22.3 Å². The van der Waals surface area contributed by atoms with Crippen LogP contribution < -0.4 is 0 Å². The molecule has 0 radical (unpaired) electrons. The standard InChI is InChI=1S/C16H17IN2O3/c1-2-3-4-15-14(17)11-16(20)18(15)10-9-12-5-7-13(8-6-12)19(21)22/h4-8,11H,2-3,9-10H2,1H3/b15-4+. The molecule has 1 aliphatic rings. The zero-order chi connectivity index (χ0) is 16.1. The lowest BCUT2D eigenvalue weighted by atomic mass is 10.1. The van der Waals surface area contributed by atoms with Gasteiger partial charge in [0.15, 0.2) is 0 Å². The maximum atomic E-state index is 12.0. The number of hydrogen-bond acceptors (Lipinski definition) is 3. The molecule has 0 N–H and O–H groups in total. The molecule has 0 atom stereocenters. The van der Waals surface area contributed by atoms with E-state index in [9.17, 15) is 14.9 Å². The van der Waals surface area contributed by atoms with Crippen LogP contribution >= 0.6 is 22.6 Å². The molecule has 1 aliphatic heterocycles. The molecule has 6 heteroatoms. The third-order valence-electron chi connectivity index (χ3n) is 3.45. The van der Waals surface area contributed by atoms with Crippen LogP contribution in [0.5, 0.6) is 0 Å². The van der Waals surface area contributed by atoms with Gasteiger partial charge >= 0.3 is 0 Å². The van der Waals surface area contributed by atoms with E-state index in [1.807, 2.05) is 0 Å². The van der Waals surface area contributed by atoms with Crippen molar-refractivity contribution in [1.82, 2.24) is 4.90 Å². The van der Waals surface area contributed by atoms with Gasteiger partial charge in [-0.05, 0) is 41.0 Å². The van der Waals surface area contributed by atoms with Gasteiger partial charge in [-0.1, -0.05) is 31.6 Å². The number of unbranched alkanes of at least 4 members (excludes halogenated alkanes) is 1. The fourth-order valence-corrected chi connectivity index (χ4v) is 3.03. The third kappa shape index (κ3) is 3.94. The zero-order valence-electron chi connectivity index (χ0n) is 12.3. The zero-order valence-corrected chi connectivity index (χ0v) is 14.4. The first-order valence-corrected chi connectivity index (χ1v) is 8.23. The summed E-state index contributed by atoms with van der Waals surface area (Å²) in [6, 6.07) is 6.48. The highest BCUT2D eigenvalue weighted by atomic mass is 127. The molecule has 22 heavy (non-hydrogen) atoms. The molecular formula is C16H17IN2O3. The molecule has 1 aromatic carbocycles. The number of nitro groups is 1. The molecule has 2 rings (SSSR count). The van der Waals surface area contributed by atoms with E-state index in [4.69, 9.17) is 0 Å². The van der Waals surface area contributed by atoms with Crippen molar-refractivity contribution >= 4 is 34.2 Å². The summed E-state index contributed by atoms with van der Waals surface area (Å²) in [6.07, 6.45) is 6.40. The highest BCUT2D eigenvalue weighted by Crippen LogP contribution is 2.29. The summed E-state index contributed by atoms with van der Waals surface area (Å²) in [7, 11) is 0. The summed E-state index contributed by atoms with van der Waals surface area (Å²) in [5.41, 5.74) is 2.05. The highest BCUT2D eigenvalue weighted by Gasteiger charge is 2.25. The molecule has 0 bridgehead atoms. The van der Waals surface area contributed by atoms with Gasteiger partial charge in [0, 0.05) is 28.3 Å². The summed E-state index contributed by atoms with van der Waals surface area (Å²) in [6.45, 7) is 2.68. The Balaban J connectivity index is 2.03. The van der Waals surface area contributed by atoms with Crippen molar-refractivity contribution in [3.63, 3.8) is 0 Å². The van der Waals surface area contributed by atoms with E-state index in [-0.39, 0.29) is 11.6 Å². The average Bonchev–Trinajstić information content (AvgIpc) is 2.76. The Morgan fingerprint density at radius 3 is 2.59 bits per heavy atom. The molecule has 1 amide bonds. The molecular weight excluding hydrogens is 395 g/mol. The second-order valence-electron chi connectivity index (χ2n) is 5.03.